The molecule has 4 aromatic rings. The molecule has 2 N–H and O–H groups in total. The van der Waals surface area contributed by atoms with Gasteiger partial charge in [0.2, 0.25) is 5.91 Å². The van der Waals surface area contributed by atoms with E-state index in [1.807, 2.05) is 43.3 Å². The van der Waals surface area contributed by atoms with Gasteiger partial charge in [0.05, 0.1) is 16.8 Å². The van der Waals surface area contributed by atoms with Gasteiger partial charge in [0.15, 0.2) is 5.16 Å². The van der Waals surface area contributed by atoms with Crippen molar-refractivity contribution in [2.75, 3.05) is 17.6 Å². The number of para-hydroxylation sites is 2. The molecule has 0 radical (unpaired) electrons. The summed E-state index contributed by atoms with van der Waals surface area (Å²) in [6, 6.07) is 25.3. The van der Waals surface area contributed by atoms with Gasteiger partial charge in [-0.3, -0.25) is 9.59 Å². The largest absolute Gasteiger partial charge is 0.352 e. The van der Waals surface area contributed by atoms with Crippen molar-refractivity contribution in [2.24, 2.45) is 0 Å². The van der Waals surface area contributed by atoms with Crippen LogP contribution in [0.5, 0.6) is 0 Å². The maximum Gasteiger partial charge on any atom is 0.251 e. The van der Waals surface area contributed by atoms with Crippen LogP contribution in [0, 0.1) is 0 Å². The van der Waals surface area contributed by atoms with E-state index in [1.54, 1.807) is 24.3 Å². The number of fused-ring (bicyclic) bond motifs is 1. The number of carbonyl (C=O) groups excluding carboxylic acids is 2. The maximum atomic E-state index is 12.6. The number of hydrogen-bond donors (Lipinski definition) is 2. The number of benzene rings is 3. The van der Waals surface area contributed by atoms with Gasteiger partial charge in [-0.1, -0.05) is 60.3 Å². The second-order valence-corrected chi connectivity index (χ2v) is 8.49. The van der Waals surface area contributed by atoms with Crippen LogP contribution in [0.15, 0.2) is 84.0 Å². The molecule has 4 rings (SSSR count). The van der Waals surface area contributed by atoms with Crippen molar-refractivity contribution in [3.05, 3.63) is 90.0 Å². The highest BCUT2D eigenvalue weighted by atomic mass is 32.2. The molecule has 0 bridgehead atoms. The van der Waals surface area contributed by atoms with E-state index in [0.717, 1.165) is 29.2 Å². The Hall–Kier alpha value is -3.58. The molecule has 0 aliphatic rings. The molecule has 7 heteroatoms. The summed E-state index contributed by atoms with van der Waals surface area (Å²) in [5.74, 6) is -0.0788. The quantitative estimate of drug-likeness (QED) is 0.355. The Morgan fingerprint density at radius 2 is 1.76 bits per heavy atom. The Morgan fingerprint density at radius 1 is 0.970 bits per heavy atom. The zero-order valence-electron chi connectivity index (χ0n) is 18.5. The Kier molecular flexibility index (Phi) is 7.42. The van der Waals surface area contributed by atoms with Gasteiger partial charge in [0.1, 0.15) is 0 Å². The third-order valence-corrected chi connectivity index (χ3v) is 6.14. The van der Waals surface area contributed by atoms with E-state index in [2.05, 4.69) is 33.4 Å². The first-order valence-electron chi connectivity index (χ1n) is 10.9. The Bertz CT molecular complexity index is 1250. The van der Waals surface area contributed by atoms with E-state index in [4.69, 9.17) is 4.98 Å². The number of nitrogens with zero attached hydrogens (tertiary/aromatic N) is 2. The van der Waals surface area contributed by atoms with Crippen LogP contribution in [-0.2, 0) is 17.8 Å². The number of amides is 2. The molecule has 0 atom stereocenters. The summed E-state index contributed by atoms with van der Waals surface area (Å²) in [5, 5.41) is 6.47. The van der Waals surface area contributed by atoms with Gasteiger partial charge < -0.3 is 15.2 Å². The van der Waals surface area contributed by atoms with E-state index < -0.39 is 0 Å². The average molecular weight is 459 g/mol. The molecule has 0 aliphatic heterocycles. The average Bonchev–Trinajstić information content (AvgIpc) is 3.20. The zero-order chi connectivity index (χ0) is 23.0. The van der Waals surface area contributed by atoms with Crippen LogP contribution in [0.4, 0.5) is 5.69 Å². The van der Waals surface area contributed by atoms with Crippen molar-refractivity contribution in [1.82, 2.24) is 14.9 Å². The SMILES string of the molecule is CCNC(=O)c1cccc(NC(=O)CSc2nc3ccccc3n2CCc2ccccc2)c1. The predicted octanol–water partition coefficient (Wildman–Crippen LogP) is 4.76. The van der Waals surface area contributed by atoms with Gasteiger partial charge in [0.25, 0.3) is 5.91 Å². The molecule has 0 aliphatic carbocycles. The summed E-state index contributed by atoms with van der Waals surface area (Å²) in [5.41, 5.74) is 4.36. The summed E-state index contributed by atoms with van der Waals surface area (Å²) in [4.78, 5) is 29.4. The third kappa shape index (κ3) is 5.81. The van der Waals surface area contributed by atoms with Crippen molar-refractivity contribution in [3.63, 3.8) is 0 Å². The van der Waals surface area contributed by atoms with Crippen molar-refractivity contribution in [3.8, 4) is 0 Å². The van der Waals surface area contributed by atoms with Crippen molar-refractivity contribution in [1.29, 1.82) is 0 Å². The van der Waals surface area contributed by atoms with E-state index in [1.165, 1.54) is 17.3 Å². The molecular weight excluding hydrogens is 432 g/mol. The molecule has 33 heavy (non-hydrogen) atoms. The smallest absolute Gasteiger partial charge is 0.251 e. The lowest BCUT2D eigenvalue weighted by molar-refractivity contribution is -0.113. The summed E-state index contributed by atoms with van der Waals surface area (Å²) in [6.07, 6.45) is 0.883. The molecule has 0 spiro atoms. The first-order chi connectivity index (χ1) is 16.1. The number of aryl methyl sites for hydroxylation is 2. The van der Waals surface area contributed by atoms with Gasteiger partial charge in [-0.2, -0.15) is 0 Å². The van der Waals surface area contributed by atoms with Crippen LogP contribution in [-0.4, -0.2) is 33.7 Å². The lowest BCUT2D eigenvalue weighted by Crippen LogP contribution is -2.23. The Balaban J connectivity index is 1.44. The number of carbonyl (C=O) groups is 2. The number of anilines is 1. The number of thioether (sulfide) groups is 1. The second-order valence-electron chi connectivity index (χ2n) is 7.55. The lowest BCUT2D eigenvalue weighted by atomic mass is 10.1. The minimum Gasteiger partial charge on any atom is -0.352 e. The molecule has 2 amide bonds. The molecular formula is C26H26N4O2S. The number of rotatable bonds is 9. The topological polar surface area (TPSA) is 76.0 Å². The second kappa shape index (κ2) is 10.8. The highest BCUT2D eigenvalue weighted by Crippen LogP contribution is 2.25. The van der Waals surface area contributed by atoms with Crippen LogP contribution in [0.3, 0.4) is 0 Å². The van der Waals surface area contributed by atoms with E-state index in [9.17, 15) is 9.59 Å². The van der Waals surface area contributed by atoms with Crippen LogP contribution in [0.1, 0.15) is 22.8 Å². The fourth-order valence-corrected chi connectivity index (χ4v) is 4.43. The van der Waals surface area contributed by atoms with Crippen LogP contribution >= 0.6 is 11.8 Å². The highest BCUT2D eigenvalue weighted by molar-refractivity contribution is 7.99. The minimum atomic E-state index is -0.157. The number of hydrogen-bond acceptors (Lipinski definition) is 4. The molecule has 0 saturated heterocycles. The molecule has 6 nitrogen and oxygen atoms in total. The number of aromatic nitrogens is 2. The molecule has 0 unspecified atom stereocenters. The van der Waals surface area contributed by atoms with Crippen molar-refractivity contribution < 1.29 is 9.59 Å². The predicted molar refractivity (Wildman–Crippen MR) is 134 cm³/mol. The zero-order valence-corrected chi connectivity index (χ0v) is 19.3. The fraction of sp³-hybridized carbons (Fsp3) is 0.192. The van der Waals surface area contributed by atoms with E-state index in [-0.39, 0.29) is 17.6 Å². The number of imidazole rings is 1. The number of nitrogens with one attached hydrogen (secondary N) is 2. The monoisotopic (exact) mass is 458 g/mol. The lowest BCUT2D eigenvalue weighted by Gasteiger charge is -2.10. The van der Waals surface area contributed by atoms with Crippen LogP contribution in [0.25, 0.3) is 11.0 Å². The standard InChI is InChI=1S/C26H26N4O2S/c1-2-27-25(32)20-11-8-12-21(17-20)28-24(31)18-33-26-29-22-13-6-7-14-23(22)30(26)16-15-19-9-4-3-5-10-19/h3-14,17H,2,15-16,18H2,1H3,(H,27,32)(H,28,31). The fourth-order valence-electron chi connectivity index (χ4n) is 3.59. The van der Waals surface area contributed by atoms with Gasteiger partial charge in [-0.15, -0.1) is 0 Å². The third-order valence-electron chi connectivity index (χ3n) is 5.16. The molecule has 0 fully saturated rings. The van der Waals surface area contributed by atoms with Crippen LogP contribution in [0.2, 0.25) is 0 Å². The Labute approximate surface area is 197 Å². The minimum absolute atomic E-state index is 0.144. The first-order valence-corrected chi connectivity index (χ1v) is 11.9. The van der Waals surface area contributed by atoms with Gasteiger partial charge >= 0.3 is 0 Å². The first kappa shape index (κ1) is 22.6. The van der Waals surface area contributed by atoms with Crippen molar-refractivity contribution >= 4 is 40.3 Å². The van der Waals surface area contributed by atoms with Gasteiger partial charge in [0, 0.05) is 24.3 Å². The van der Waals surface area contributed by atoms with E-state index >= 15 is 0 Å². The van der Waals surface area contributed by atoms with Gasteiger partial charge in [-0.05, 0) is 49.2 Å². The maximum absolute atomic E-state index is 12.6. The molecule has 168 valence electrons. The normalized spacial score (nSPS) is 10.8. The summed E-state index contributed by atoms with van der Waals surface area (Å²) in [6.45, 7) is 3.20. The Morgan fingerprint density at radius 3 is 2.58 bits per heavy atom. The highest BCUT2D eigenvalue weighted by Gasteiger charge is 2.14. The van der Waals surface area contributed by atoms with Crippen molar-refractivity contribution in [2.45, 2.75) is 25.0 Å². The molecule has 3 aromatic carbocycles. The molecule has 0 saturated carbocycles. The molecule has 1 heterocycles. The van der Waals surface area contributed by atoms with Gasteiger partial charge in [-0.25, -0.2) is 4.98 Å². The summed E-state index contributed by atoms with van der Waals surface area (Å²) < 4.78 is 2.18. The molecule has 1 aromatic heterocycles. The summed E-state index contributed by atoms with van der Waals surface area (Å²) in [7, 11) is 0. The van der Waals surface area contributed by atoms with E-state index in [0.29, 0.717) is 17.8 Å². The van der Waals surface area contributed by atoms with Crippen LogP contribution < -0.4 is 10.6 Å². The summed E-state index contributed by atoms with van der Waals surface area (Å²) >= 11 is 1.41.